The van der Waals surface area contributed by atoms with Crippen molar-refractivity contribution in [3.05, 3.63) is 47.5 Å². The van der Waals surface area contributed by atoms with Crippen LogP contribution >= 0.6 is 0 Å². The van der Waals surface area contributed by atoms with E-state index >= 15 is 0 Å². The van der Waals surface area contributed by atoms with E-state index in [9.17, 15) is 9.59 Å². The molecule has 7 heteroatoms. The van der Waals surface area contributed by atoms with Gasteiger partial charge in [0.05, 0.1) is 11.8 Å². The first kappa shape index (κ1) is 12.7. The predicted molar refractivity (Wildman–Crippen MR) is 65.6 cm³/mol. The summed E-state index contributed by atoms with van der Waals surface area (Å²) < 4.78 is 1.64. The maximum absolute atomic E-state index is 11.8. The average molecular weight is 260 g/mol. The van der Waals surface area contributed by atoms with Crippen molar-refractivity contribution in [3.63, 3.8) is 0 Å². The number of aromatic nitrogens is 3. The molecule has 0 radical (unpaired) electrons. The molecule has 0 aliphatic carbocycles. The number of pyridine rings is 1. The Morgan fingerprint density at radius 3 is 2.68 bits per heavy atom. The van der Waals surface area contributed by atoms with Gasteiger partial charge in [0.1, 0.15) is 5.69 Å². The molecule has 0 saturated heterocycles. The zero-order valence-corrected chi connectivity index (χ0v) is 10.2. The number of carboxylic acid groups (broad SMARTS) is 1. The van der Waals surface area contributed by atoms with Gasteiger partial charge in [-0.05, 0) is 12.1 Å². The molecule has 0 bridgehead atoms. The lowest BCUT2D eigenvalue weighted by molar-refractivity contribution is 0.0689. The second-order valence-corrected chi connectivity index (χ2v) is 3.94. The van der Waals surface area contributed by atoms with Crippen LogP contribution in [0.15, 0.2) is 30.7 Å². The summed E-state index contributed by atoms with van der Waals surface area (Å²) in [7, 11) is 1.79. The standard InChI is InChI=1S/C12H12N4O3/c1-16-7-8(5-15-16)4-14-11(17)9-2-3-10(12(18)19)13-6-9/h2-3,5-7H,4H2,1H3,(H,14,17)(H,18,19). The molecule has 0 unspecified atom stereocenters. The van der Waals surface area contributed by atoms with Crippen molar-refractivity contribution in [2.75, 3.05) is 0 Å². The van der Waals surface area contributed by atoms with E-state index in [1.807, 2.05) is 0 Å². The molecule has 2 aromatic rings. The number of aromatic carboxylic acids is 1. The van der Waals surface area contributed by atoms with Crippen LogP contribution in [0.3, 0.4) is 0 Å². The lowest BCUT2D eigenvalue weighted by Gasteiger charge is -2.03. The highest BCUT2D eigenvalue weighted by molar-refractivity contribution is 5.94. The van der Waals surface area contributed by atoms with Crippen molar-refractivity contribution in [1.82, 2.24) is 20.1 Å². The molecule has 98 valence electrons. The van der Waals surface area contributed by atoms with E-state index in [1.54, 1.807) is 24.1 Å². The number of carboxylic acids is 1. The summed E-state index contributed by atoms with van der Waals surface area (Å²) in [5.74, 6) is -1.43. The van der Waals surface area contributed by atoms with E-state index in [0.29, 0.717) is 12.1 Å². The molecule has 1 amide bonds. The van der Waals surface area contributed by atoms with E-state index in [0.717, 1.165) is 5.56 Å². The minimum Gasteiger partial charge on any atom is -0.477 e. The van der Waals surface area contributed by atoms with Gasteiger partial charge in [-0.2, -0.15) is 5.10 Å². The summed E-state index contributed by atoms with van der Waals surface area (Å²) >= 11 is 0. The number of hydrogen-bond donors (Lipinski definition) is 2. The molecule has 0 fully saturated rings. The van der Waals surface area contributed by atoms with Crippen molar-refractivity contribution in [2.24, 2.45) is 7.05 Å². The zero-order valence-electron chi connectivity index (χ0n) is 10.2. The largest absolute Gasteiger partial charge is 0.477 e. The number of nitrogens with one attached hydrogen (secondary N) is 1. The molecule has 2 aromatic heterocycles. The maximum Gasteiger partial charge on any atom is 0.354 e. The van der Waals surface area contributed by atoms with Gasteiger partial charge in [-0.25, -0.2) is 9.78 Å². The van der Waals surface area contributed by atoms with Gasteiger partial charge in [0, 0.05) is 31.5 Å². The number of carbonyl (C=O) groups is 2. The lowest BCUT2D eigenvalue weighted by Crippen LogP contribution is -2.22. The summed E-state index contributed by atoms with van der Waals surface area (Å²) in [6, 6.07) is 2.72. The van der Waals surface area contributed by atoms with Crippen LogP contribution in [0.2, 0.25) is 0 Å². The first-order valence-corrected chi connectivity index (χ1v) is 5.51. The van der Waals surface area contributed by atoms with Crippen molar-refractivity contribution in [3.8, 4) is 0 Å². The van der Waals surface area contributed by atoms with Gasteiger partial charge in [-0.1, -0.05) is 0 Å². The Kier molecular flexibility index (Phi) is 3.56. The Labute approximate surface area is 108 Å². The van der Waals surface area contributed by atoms with E-state index in [1.165, 1.54) is 18.3 Å². The first-order valence-electron chi connectivity index (χ1n) is 5.51. The topological polar surface area (TPSA) is 97.1 Å². The highest BCUT2D eigenvalue weighted by Crippen LogP contribution is 2.02. The number of nitrogens with zero attached hydrogens (tertiary/aromatic N) is 3. The second-order valence-electron chi connectivity index (χ2n) is 3.94. The molecule has 0 aliphatic rings. The molecule has 2 heterocycles. The Balaban J connectivity index is 1.98. The van der Waals surface area contributed by atoms with Crippen LogP contribution in [-0.4, -0.2) is 31.7 Å². The molecule has 7 nitrogen and oxygen atoms in total. The molecular formula is C12H12N4O3. The molecule has 2 N–H and O–H groups in total. The van der Waals surface area contributed by atoms with Crippen molar-refractivity contribution in [1.29, 1.82) is 0 Å². The van der Waals surface area contributed by atoms with Crippen molar-refractivity contribution in [2.45, 2.75) is 6.54 Å². The van der Waals surface area contributed by atoms with Crippen LogP contribution in [0.5, 0.6) is 0 Å². The maximum atomic E-state index is 11.8. The Morgan fingerprint density at radius 1 is 1.37 bits per heavy atom. The highest BCUT2D eigenvalue weighted by atomic mass is 16.4. The normalized spacial score (nSPS) is 10.2. The molecule has 0 atom stereocenters. The van der Waals surface area contributed by atoms with Crippen molar-refractivity contribution >= 4 is 11.9 Å². The molecule has 0 saturated carbocycles. The number of carbonyl (C=O) groups excluding carboxylic acids is 1. The molecule has 0 spiro atoms. The minimum atomic E-state index is -1.12. The highest BCUT2D eigenvalue weighted by Gasteiger charge is 2.09. The first-order chi connectivity index (χ1) is 9.06. The molecule has 0 aliphatic heterocycles. The van der Waals surface area contributed by atoms with Crippen LogP contribution in [0.4, 0.5) is 0 Å². The molecule has 19 heavy (non-hydrogen) atoms. The van der Waals surface area contributed by atoms with Gasteiger partial charge < -0.3 is 10.4 Å². The fraction of sp³-hybridized carbons (Fsp3) is 0.167. The third-order valence-corrected chi connectivity index (χ3v) is 2.46. The quantitative estimate of drug-likeness (QED) is 0.831. The Morgan fingerprint density at radius 2 is 2.16 bits per heavy atom. The van der Waals surface area contributed by atoms with Gasteiger partial charge in [0.15, 0.2) is 0 Å². The van der Waals surface area contributed by atoms with Gasteiger partial charge >= 0.3 is 5.97 Å². The van der Waals surface area contributed by atoms with E-state index in [4.69, 9.17) is 5.11 Å². The third-order valence-electron chi connectivity index (χ3n) is 2.46. The van der Waals surface area contributed by atoms with Gasteiger partial charge in [0.2, 0.25) is 0 Å². The van der Waals surface area contributed by atoms with Crippen molar-refractivity contribution < 1.29 is 14.7 Å². The molecular weight excluding hydrogens is 248 g/mol. The van der Waals surface area contributed by atoms with Gasteiger partial charge in [-0.15, -0.1) is 0 Å². The third kappa shape index (κ3) is 3.15. The monoisotopic (exact) mass is 260 g/mol. The fourth-order valence-corrected chi connectivity index (χ4v) is 1.50. The summed E-state index contributed by atoms with van der Waals surface area (Å²) in [4.78, 5) is 26.1. The van der Waals surface area contributed by atoms with Crippen LogP contribution in [-0.2, 0) is 13.6 Å². The number of aryl methyl sites for hydroxylation is 1. The summed E-state index contributed by atoms with van der Waals surface area (Å²) in [5.41, 5.74) is 1.10. The average Bonchev–Trinajstić information content (AvgIpc) is 2.82. The Bertz CT molecular complexity index is 604. The van der Waals surface area contributed by atoms with Crippen LogP contribution in [0.25, 0.3) is 0 Å². The van der Waals surface area contributed by atoms with E-state index in [-0.39, 0.29) is 11.6 Å². The van der Waals surface area contributed by atoms with Crippen LogP contribution in [0, 0.1) is 0 Å². The molecule has 0 aromatic carbocycles. The number of amides is 1. The molecule has 2 rings (SSSR count). The second kappa shape index (κ2) is 5.30. The Hall–Kier alpha value is -2.70. The van der Waals surface area contributed by atoms with E-state index < -0.39 is 5.97 Å². The van der Waals surface area contributed by atoms with Gasteiger partial charge in [0.25, 0.3) is 5.91 Å². The SMILES string of the molecule is Cn1cc(CNC(=O)c2ccc(C(=O)O)nc2)cn1. The van der Waals surface area contributed by atoms with Crippen LogP contribution in [0.1, 0.15) is 26.4 Å². The van der Waals surface area contributed by atoms with E-state index in [2.05, 4.69) is 15.4 Å². The summed E-state index contributed by atoms with van der Waals surface area (Å²) in [5, 5.41) is 15.4. The smallest absolute Gasteiger partial charge is 0.354 e. The number of hydrogen-bond acceptors (Lipinski definition) is 4. The predicted octanol–water partition coefficient (Wildman–Crippen LogP) is 0.443. The summed E-state index contributed by atoms with van der Waals surface area (Å²) in [6.07, 6.45) is 4.69. The number of rotatable bonds is 4. The fourth-order valence-electron chi connectivity index (χ4n) is 1.50. The zero-order chi connectivity index (χ0) is 13.8. The minimum absolute atomic E-state index is 0.0937. The van der Waals surface area contributed by atoms with Gasteiger partial charge in [-0.3, -0.25) is 9.48 Å². The lowest BCUT2D eigenvalue weighted by atomic mass is 10.2. The summed E-state index contributed by atoms with van der Waals surface area (Å²) in [6.45, 7) is 0.355. The van der Waals surface area contributed by atoms with Crippen LogP contribution < -0.4 is 5.32 Å².